The predicted molar refractivity (Wildman–Crippen MR) is 121 cm³/mol. The number of amides is 1. The van der Waals surface area contributed by atoms with Gasteiger partial charge in [-0.3, -0.25) is 4.79 Å². The predicted octanol–water partition coefficient (Wildman–Crippen LogP) is 2.74. The number of nitrogens with zero attached hydrogens (tertiary/aromatic N) is 5. The van der Waals surface area contributed by atoms with Gasteiger partial charge in [0.25, 0.3) is 0 Å². The molecule has 1 aromatic rings. The van der Waals surface area contributed by atoms with Gasteiger partial charge in [-0.2, -0.15) is 10.5 Å². The first-order valence-corrected chi connectivity index (χ1v) is 12.5. The molecule has 8 nitrogen and oxygen atoms in total. The lowest BCUT2D eigenvalue weighted by molar-refractivity contribution is -0.130. The highest BCUT2D eigenvalue weighted by Gasteiger charge is 2.74. The van der Waals surface area contributed by atoms with Gasteiger partial charge in [-0.1, -0.05) is 12.8 Å². The Balaban J connectivity index is 1.24. The molecule has 2 N–H and O–H groups in total. The molecule has 1 aromatic heterocycles. The minimum Gasteiger partial charge on any atom is -0.362 e. The average Bonchev–Trinajstić information content (AvgIpc) is 3.35. The summed E-state index contributed by atoms with van der Waals surface area (Å²) in [5, 5.41) is 26.4. The van der Waals surface area contributed by atoms with Gasteiger partial charge in [-0.15, -0.1) is 0 Å². The molecule has 6 atom stereocenters. The van der Waals surface area contributed by atoms with Gasteiger partial charge >= 0.3 is 0 Å². The van der Waals surface area contributed by atoms with Crippen LogP contribution in [0.3, 0.4) is 0 Å². The minimum atomic E-state index is -0.262. The molecule has 0 radical (unpaired) electrons. The van der Waals surface area contributed by atoms with Crippen molar-refractivity contribution in [2.45, 2.75) is 81.3 Å². The molecule has 5 aliphatic rings. The van der Waals surface area contributed by atoms with Crippen molar-refractivity contribution in [1.82, 2.24) is 20.2 Å². The average molecular weight is 446 g/mol. The second-order valence-corrected chi connectivity index (χ2v) is 11.2. The third kappa shape index (κ3) is 3.00. The first-order valence-electron chi connectivity index (χ1n) is 12.5. The van der Waals surface area contributed by atoms with E-state index in [-0.39, 0.29) is 28.4 Å². The van der Waals surface area contributed by atoms with Crippen LogP contribution < -0.4 is 10.6 Å². The quantitative estimate of drug-likeness (QED) is 0.715. The van der Waals surface area contributed by atoms with E-state index in [1.54, 1.807) is 17.3 Å². The maximum absolute atomic E-state index is 13.0. The van der Waals surface area contributed by atoms with E-state index in [1.165, 1.54) is 19.3 Å². The number of hydrogen-bond acceptors (Lipinski definition) is 7. The third-order valence-electron chi connectivity index (χ3n) is 9.67. The summed E-state index contributed by atoms with van der Waals surface area (Å²) in [5.41, 5.74) is 0.520. The molecule has 6 unspecified atom stereocenters. The maximum Gasteiger partial charge on any atom is 0.237 e. The van der Waals surface area contributed by atoms with E-state index in [9.17, 15) is 15.3 Å². The topological polar surface area (TPSA) is 118 Å². The van der Waals surface area contributed by atoms with Crippen LogP contribution in [0.2, 0.25) is 0 Å². The number of anilines is 1. The first kappa shape index (κ1) is 20.9. The number of nitrogens with one attached hydrogen (secondary N) is 2. The smallest absolute Gasteiger partial charge is 0.237 e. The van der Waals surface area contributed by atoms with E-state index in [0.717, 1.165) is 44.9 Å². The maximum atomic E-state index is 13.0. The van der Waals surface area contributed by atoms with Crippen molar-refractivity contribution in [2.24, 2.45) is 17.3 Å². The zero-order chi connectivity index (χ0) is 22.7. The van der Waals surface area contributed by atoms with E-state index in [1.807, 2.05) is 0 Å². The van der Waals surface area contributed by atoms with Crippen molar-refractivity contribution in [3.63, 3.8) is 0 Å². The van der Waals surface area contributed by atoms with Crippen LogP contribution in [0.5, 0.6) is 0 Å². The van der Waals surface area contributed by atoms with Gasteiger partial charge in [0.05, 0.1) is 12.6 Å². The fourth-order valence-corrected chi connectivity index (χ4v) is 8.53. The molecular formula is C25H31N7O. The van der Waals surface area contributed by atoms with Gasteiger partial charge in [-0.25, -0.2) is 9.97 Å². The molecule has 0 aromatic carbocycles. The van der Waals surface area contributed by atoms with Crippen molar-refractivity contribution in [2.75, 3.05) is 18.4 Å². The summed E-state index contributed by atoms with van der Waals surface area (Å²) >= 11 is 0. The molecule has 2 heterocycles. The Bertz CT molecular complexity index is 1060. The summed E-state index contributed by atoms with van der Waals surface area (Å²) in [6.07, 6.45) is 14.1. The highest BCUT2D eigenvalue weighted by molar-refractivity contribution is 5.79. The summed E-state index contributed by atoms with van der Waals surface area (Å²) in [4.78, 5) is 23.4. The SMILES string of the molecule is N#Cc1nccnc1NC12CCCC3CC4(NCC(=O)N5CCCC5C#N)CC(C1)C2(C3)C4. The Labute approximate surface area is 194 Å². The van der Waals surface area contributed by atoms with Crippen molar-refractivity contribution in [3.8, 4) is 12.1 Å². The molecule has 5 fully saturated rings. The van der Waals surface area contributed by atoms with E-state index in [2.05, 4.69) is 32.7 Å². The molecular weight excluding hydrogens is 414 g/mol. The van der Waals surface area contributed by atoms with E-state index >= 15 is 0 Å². The van der Waals surface area contributed by atoms with Gasteiger partial charge in [0, 0.05) is 30.0 Å². The van der Waals surface area contributed by atoms with Gasteiger partial charge < -0.3 is 15.5 Å². The second-order valence-electron chi connectivity index (χ2n) is 11.2. The van der Waals surface area contributed by atoms with Crippen LogP contribution in [0, 0.1) is 39.9 Å². The summed E-state index contributed by atoms with van der Waals surface area (Å²) in [6.45, 7) is 1.03. The Hall–Kier alpha value is -2.71. The minimum absolute atomic E-state index is 0.000692. The molecule has 1 saturated heterocycles. The highest BCUT2D eigenvalue weighted by atomic mass is 16.2. The van der Waals surface area contributed by atoms with Crippen LogP contribution in [0.4, 0.5) is 5.82 Å². The van der Waals surface area contributed by atoms with Crippen molar-refractivity contribution < 1.29 is 4.79 Å². The summed E-state index contributed by atoms with van der Waals surface area (Å²) in [5.74, 6) is 2.00. The second kappa shape index (κ2) is 7.40. The fourth-order valence-electron chi connectivity index (χ4n) is 8.53. The zero-order valence-electron chi connectivity index (χ0n) is 19.0. The molecule has 1 aliphatic heterocycles. The lowest BCUT2D eigenvalue weighted by Crippen LogP contribution is -2.66. The normalized spacial score (nSPS) is 40.3. The van der Waals surface area contributed by atoms with Gasteiger partial charge in [-0.05, 0) is 68.6 Å². The number of carbonyl (C=O) groups is 1. The third-order valence-corrected chi connectivity index (χ3v) is 9.67. The standard InChI is InChI=1S/C25H31N7O/c26-13-19-4-2-8-32(19)21(33)15-30-23-9-17-3-1-5-25(12-18(11-23)24(25,10-17)16-23)31-22-20(14-27)28-6-7-29-22/h6-7,17-19,30H,1-5,8-12,15-16H2,(H,29,31). The molecule has 6 rings (SSSR count). The molecule has 1 amide bonds. The molecule has 4 aliphatic carbocycles. The van der Waals surface area contributed by atoms with E-state index in [0.29, 0.717) is 36.4 Å². The Morgan fingerprint density at radius 2 is 2.03 bits per heavy atom. The number of carbonyl (C=O) groups excluding carboxylic acids is 1. The molecule has 3 bridgehead atoms. The summed E-state index contributed by atoms with van der Waals surface area (Å²) < 4.78 is 0. The van der Waals surface area contributed by atoms with Gasteiger partial charge in [0.15, 0.2) is 11.5 Å². The first-order chi connectivity index (χ1) is 16.0. The van der Waals surface area contributed by atoms with Crippen LogP contribution in [0.1, 0.15) is 69.9 Å². The zero-order valence-corrected chi connectivity index (χ0v) is 19.0. The Kier molecular flexibility index (Phi) is 4.68. The van der Waals surface area contributed by atoms with Gasteiger partial charge in [0.1, 0.15) is 12.1 Å². The lowest BCUT2D eigenvalue weighted by atomic mass is 9.46. The molecule has 1 spiro atoms. The van der Waals surface area contributed by atoms with Crippen molar-refractivity contribution >= 4 is 11.7 Å². The molecule has 8 heteroatoms. The summed E-state index contributed by atoms with van der Waals surface area (Å²) in [6, 6.07) is 4.22. The Morgan fingerprint density at radius 3 is 2.88 bits per heavy atom. The van der Waals surface area contributed by atoms with Crippen LogP contribution in [0.25, 0.3) is 0 Å². The largest absolute Gasteiger partial charge is 0.362 e. The molecule has 4 saturated carbocycles. The number of nitriles is 2. The summed E-state index contributed by atoms with van der Waals surface area (Å²) in [7, 11) is 0. The Morgan fingerprint density at radius 1 is 1.15 bits per heavy atom. The van der Waals surface area contributed by atoms with E-state index in [4.69, 9.17) is 0 Å². The molecule has 172 valence electrons. The van der Waals surface area contributed by atoms with Crippen LogP contribution >= 0.6 is 0 Å². The number of aromatic nitrogens is 2. The van der Waals surface area contributed by atoms with Crippen LogP contribution in [0.15, 0.2) is 12.4 Å². The number of fused-ring (bicyclic) bond motifs is 2. The highest BCUT2D eigenvalue weighted by Crippen LogP contribution is 2.75. The van der Waals surface area contributed by atoms with Crippen LogP contribution in [-0.2, 0) is 4.79 Å². The van der Waals surface area contributed by atoms with E-state index < -0.39 is 0 Å². The fraction of sp³-hybridized carbons (Fsp3) is 0.720. The molecule has 33 heavy (non-hydrogen) atoms. The number of likely N-dealkylation sites (tertiary alicyclic amines) is 1. The lowest BCUT2D eigenvalue weighted by Gasteiger charge is -2.64. The van der Waals surface area contributed by atoms with Gasteiger partial charge in [0.2, 0.25) is 5.91 Å². The van der Waals surface area contributed by atoms with Crippen molar-refractivity contribution in [3.05, 3.63) is 18.1 Å². The number of rotatable bonds is 5. The van der Waals surface area contributed by atoms with Crippen LogP contribution in [-0.4, -0.2) is 51.0 Å². The monoisotopic (exact) mass is 445 g/mol. The van der Waals surface area contributed by atoms with Crippen molar-refractivity contribution in [1.29, 1.82) is 10.5 Å². The number of hydrogen-bond donors (Lipinski definition) is 2.